The summed E-state index contributed by atoms with van der Waals surface area (Å²) in [6, 6.07) is 8.53. The van der Waals surface area contributed by atoms with E-state index in [9.17, 15) is 9.90 Å². The lowest BCUT2D eigenvalue weighted by Gasteiger charge is -2.21. The first-order chi connectivity index (χ1) is 10.2. The minimum Gasteiger partial charge on any atom is -0.508 e. The molecule has 3 nitrogen and oxygen atoms in total. The Morgan fingerprint density at radius 1 is 1.09 bits per heavy atom. The van der Waals surface area contributed by atoms with Crippen LogP contribution in [0.3, 0.4) is 0 Å². The van der Waals surface area contributed by atoms with Crippen molar-refractivity contribution in [3.05, 3.63) is 50.4 Å². The molecule has 0 aliphatic heterocycles. The highest BCUT2D eigenvalue weighted by molar-refractivity contribution is 9.11. The maximum Gasteiger partial charge on any atom is 0.155 e. The average molecular weight is 428 g/mol. The summed E-state index contributed by atoms with van der Waals surface area (Å²) in [5.74, 6) is 1.44. The Kier molecular flexibility index (Phi) is 4.97. The monoisotopic (exact) mass is 426 g/mol. The summed E-state index contributed by atoms with van der Waals surface area (Å²) < 4.78 is 7.26. The summed E-state index contributed by atoms with van der Waals surface area (Å²) in [6.45, 7) is 6.07. The predicted octanol–water partition coefficient (Wildman–Crippen LogP) is 5.82. The fourth-order valence-corrected chi connectivity index (χ4v) is 3.43. The maximum absolute atomic E-state index is 10.9. The number of carbonyl (C=O) groups excluding carboxylic acids is 1. The van der Waals surface area contributed by atoms with Gasteiger partial charge in [-0.1, -0.05) is 20.8 Å². The molecular formula is C17H16Br2O3. The Hall–Kier alpha value is -1.33. The van der Waals surface area contributed by atoms with Crippen LogP contribution in [0.25, 0.3) is 0 Å². The molecule has 0 bridgehead atoms. The van der Waals surface area contributed by atoms with Crippen LogP contribution in [0.5, 0.6) is 17.2 Å². The van der Waals surface area contributed by atoms with Crippen LogP contribution in [-0.4, -0.2) is 11.4 Å². The SMILES string of the molecule is CC(C)(C)c1cc(Oc2c(Br)cc(C=O)cc2Br)ccc1O. The van der Waals surface area contributed by atoms with Crippen molar-refractivity contribution >= 4 is 38.1 Å². The molecule has 0 saturated carbocycles. The number of ether oxygens (including phenoxy) is 1. The molecule has 0 fully saturated rings. The van der Waals surface area contributed by atoms with Crippen LogP contribution in [0.1, 0.15) is 36.7 Å². The molecular weight excluding hydrogens is 412 g/mol. The number of hydrogen-bond acceptors (Lipinski definition) is 3. The number of carbonyl (C=O) groups is 1. The normalized spacial score (nSPS) is 11.3. The Morgan fingerprint density at radius 2 is 1.68 bits per heavy atom. The topological polar surface area (TPSA) is 46.5 Å². The molecule has 0 saturated heterocycles. The van der Waals surface area contributed by atoms with Gasteiger partial charge in [-0.05, 0) is 67.6 Å². The van der Waals surface area contributed by atoms with E-state index in [0.717, 1.165) is 11.8 Å². The zero-order chi connectivity index (χ0) is 16.5. The minimum atomic E-state index is -0.195. The highest BCUT2D eigenvalue weighted by atomic mass is 79.9. The number of aldehydes is 1. The van der Waals surface area contributed by atoms with Crippen LogP contribution < -0.4 is 4.74 Å². The summed E-state index contributed by atoms with van der Waals surface area (Å²) in [5.41, 5.74) is 1.16. The Morgan fingerprint density at radius 3 is 2.18 bits per heavy atom. The lowest BCUT2D eigenvalue weighted by Crippen LogP contribution is -2.11. The molecule has 2 rings (SSSR count). The number of rotatable bonds is 3. The number of hydrogen-bond donors (Lipinski definition) is 1. The van der Waals surface area contributed by atoms with E-state index >= 15 is 0 Å². The molecule has 22 heavy (non-hydrogen) atoms. The van der Waals surface area contributed by atoms with Crippen molar-refractivity contribution in [1.82, 2.24) is 0 Å². The zero-order valence-electron chi connectivity index (χ0n) is 12.5. The lowest BCUT2D eigenvalue weighted by molar-refractivity contribution is 0.112. The standard InChI is InChI=1S/C17H16Br2O3/c1-17(2,3)12-8-11(4-5-15(12)21)22-16-13(18)6-10(9-20)7-14(16)19/h4-9,21H,1-3H3. The molecule has 0 heterocycles. The number of phenols is 1. The van der Waals surface area contributed by atoms with Crippen molar-refractivity contribution in [3.8, 4) is 17.2 Å². The van der Waals surface area contributed by atoms with E-state index in [1.807, 2.05) is 26.8 Å². The molecule has 0 aromatic heterocycles. The molecule has 0 aliphatic rings. The van der Waals surface area contributed by atoms with Gasteiger partial charge in [-0.2, -0.15) is 0 Å². The van der Waals surface area contributed by atoms with Gasteiger partial charge in [0.1, 0.15) is 17.8 Å². The zero-order valence-corrected chi connectivity index (χ0v) is 15.7. The molecule has 0 radical (unpaired) electrons. The van der Waals surface area contributed by atoms with Gasteiger partial charge in [0.25, 0.3) is 0 Å². The van der Waals surface area contributed by atoms with E-state index in [2.05, 4.69) is 31.9 Å². The Balaban J connectivity index is 2.42. The van der Waals surface area contributed by atoms with Crippen molar-refractivity contribution in [2.45, 2.75) is 26.2 Å². The molecule has 5 heteroatoms. The maximum atomic E-state index is 10.9. The van der Waals surface area contributed by atoms with Gasteiger partial charge in [0.15, 0.2) is 5.75 Å². The second-order valence-electron chi connectivity index (χ2n) is 5.96. The van der Waals surface area contributed by atoms with Gasteiger partial charge in [0.05, 0.1) is 8.95 Å². The lowest BCUT2D eigenvalue weighted by atomic mass is 9.86. The third-order valence-corrected chi connectivity index (χ3v) is 4.33. The quantitative estimate of drug-likeness (QED) is 0.627. The van der Waals surface area contributed by atoms with Gasteiger partial charge >= 0.3 is 0 Å². The van der Waals surface area contributed by atoms with Gasteiger partial charge in [-0.3, -0.25) is 4.79 Å². The van der Waals surface area contributed by atoms with Gasteiger partial charge in [0.2, 0.25) is 0 Å². The second kappa shape index (κ2) is 6.42. The van der Waals surface area contributed by atoms with Crippen molar-refractivity contribution in [1.29, 1.82) is 0 Å². The largest absolute Gasteiger partial charge is 0.508 e. The summed E-state index contributed by atoms with van der Waals surface area (Å²) >= 11 is 6.81. The highest BCUT2D eigenvalue weighted by Gasteiger charge is 2.19. The number of benzene rings is 2. The number of aromatic hydroxyl groups is 1. The van der Waals surface area contributed by atoms with Crippen LogP contribution in [0.15, 0.2) is 39.3 Å². The van der Waals surface area contributed by atoms with E-state index in [4.69, 9.17) is 4.74 Å². The predicted molar refractivity (Wildman–Crippen MR) is 94.1 cm³/mol. The van der Waals surface area contributed by atoms with Crippen LogP contribution in [0.2, 0.25) is 0 Å². The summed E-state index contributed by atoms with van der Waals surface area (Å²) in [4.78, 5) is 10.9. The summed E-state index contributed by atoms with van der Waals surface area (Å²) in [5, 5.41) is 10.0. The van der Waals surface area contributed by atoms with Crippen LogP contribution in [-0.2, 0) is 5.41 Å². The second-order valence-corrected chi connectivity index (χ2v) is 7.67. The Labute approximate surface area is 146 Å². The summed E-state index contributed by atoms with van der Waals surface area (Å²) in [7, 11) is 0. The molecule has 116 valence electrons. The average Bonchev–Trinajstić information content (AvgIpc) is 2.43. The van der Waals surface area contributed by atoms with E-state index in [1.54, 1.807) is 24.3 Å². The Bertz CT molecular complexity index is 695. The fourth-order valence-electron chi connectivity index (χ4n) is 2.04. The third kappa shape index (κ3) is 3.70. The third-order valence-electron chi connectivity index (χ3n) is 3.15. The van der Waals surface area contributed by atoms with Crippen molar-refractivity contribution < 1.29 is 14.6 Å². The first-order valence-electron chi connectivity index (χ1n) is 6.68. The highest BCUT2D eigenvalue weighted by Crippen LogP contribution is 2.40. The molecule has 0 unspecified atom stereocenters. The molecule has 0 aliphatic carbocycles. The number of halogens is 2. The van der Waals surface area contributed by atoms with E-state index in [1.165, 1.54) is 0 Å². The van der Waals surface area contributed by atoms with Crippen LogP contribution in [0.4, 0.5) is 0 Å². The molecule has 2 aromatic carbocycles. The van der Waals surface area contributed by atoms with Gasteiger partial charge in [0, 0.05) is 11.1 Å². The molecule has 0 amide bonds. The molecule has 1 N–H and O–H groups in total. The van der Waals surface area contributed by atoms with Gasteiger partial charge in [-0.25, -0.2) is 0 Å². The molecule has 0 atom stereocenters. The van der Waals surface area contributed by atoms with E-state index in [0.29, 0.717) is 26.0 Å². The first-order valence-corrected chi connectivity index (χ1v) is 8.26. The van der Waals surface area contributed by atoms with Crippen LogP contribution >= 0.6 is 31.9 Å². The first kappa shape index (κ1) is 17.0. The summed E-state index contributed by atoms with van der Waals surface area (Å²) in [6.07, 6.45) is 0.775. The molecule has 2 aromatic rings. The number of phenolic OH excluding ortho intramolecular Hbond substituents is 1. The van der Waals surface area contributed by atoms with Crippen molar-refractivity contribution in [2.24, 2.45) is 0 Å². The smallest absolute Gasteiger partial charge is 0.155 e. The van der Waals surface area contributed by atoms with E-state index < -0.39 is 0 Å². The van der Waals surface area contributed by atoms with Crippen molar-refractivity contribution in [2.75, 3.05) is 0 Å². The van der Waals surface area contributed by atoms with Gasteiger partial charge in [-0.15, -0.1) is 0 Å². The van der Waals surface area contributed by atoms with E-state index in [-0.39, 0.29) is 11.2 Å². The van der Waals surface area contributed by atoms with Crippen molar-refractivity contribution in [3.63, 3.8) is 0 Å². The minimum absolute atomic E-state index is 0.195. The van der Waals surface area contributed by atoms with Crippen LogP contribution in [0, 0.1) is 0 Å². The fraction of sp³-hybridized carbons (Fsp3) is 0.235. The molecule has 0 spiro atoms. The van der Waals surface area contributed by atoms with Gasteiger partial charge < -0.3 is 9.84 Å².